The topological polar surface area (TPSA) is 42.7 Å². The highest BCUT2D eigenvalue weighted by molar-refractivity contribution is 6.31. The molecule has 1 heterocycles. The molecule has 0 spiro atoms. The van der Waals surface area contributed by atoms with Gasteiger partial charge in [-0.15, -0.1) is 0 Å². The number of hydrogen-bond acceptors (Lipinski definition) is 3. The molecule has 0 aliphatic carbocycles. The van der Waals surface area contributed by atoms with Crippen molar-refractivity contribution in [2.24, 2.45) is 0 Å². The SMILES string of the molecule is CCOc1ccc(N(Cc2ccccc2)C(=O)Cc2coc3ccc(Cl)cc23)cc1. The van der Waals surface area contributed by atoms with Gasteiger partial charge < -0.3 is 14.1 Å². The lowest BCUT2D eigenvalue weighted by molar-refractivity contribution is -0.118. The number of fused-ring (bicyclic) bond motifs is 1. The molecule has 0 N–H and O–H groups in total. The quantitative estimate of drug-likeness (QED) is 0.355. The number of halogens is 1. The summed E-state index contributed by atoms with van der Waals surface area (Å²) in [5.74, 6) is 0.759. The van der Waals surface area contributed by atoms with Gasteiger partial charge in [0.1, 0.15) is 11.3 Å². The number of ether oxygens (including phenoxy) is 1. The van der Waals surface area contributed by atoms with Crippen LogP contribution in [-0.2, 0) is 17.8 Å². The lowest BCUT2D eigenvalue weighted by Crippen LogP contribution is -2.31. The molecule has 3 aromatic carbocycles. The summed E-state index contributed by atoms with van der Waals surface area (Å²) >= 11 is 6.14. The van der Waals surface area contributed by atoms with Gasteiger partial charge in [-0.1, -0.05) is 41.9 Å². The molecule has 0 aliphatic heterocycles. The van der Waals surface area contributed by atoms with E-state index in [1.54, 1.807) is 17.2 Å². The molecule has 1 aromatic heterocycles. The number of anilines is 1. The molecule has 0 aliphatic rings. The van der Waals surface area contributed by atoms with Crippen molar-refractivity contribution < 1.29 is 13.9 Å². The van der Waals surface area contributed by atoms with Crippen LogP contribution in [0.1, 0.15) is 18.1 Å². The van der Waals surface area contributed by atoms with E-state index < -0.39 is 0 Å². The fourth-order valence-electron chi connectivity index (χ4n) is 3.43. The van der Waals surface area contributed by atoms with Crippen molar-refractivity contribution >= 4 is 34.2 Å². The first-order valence-electron chi connectivity index (χ1n) is 9.87. The van der Waals surface area contributed by atoms with Gasteiger partial charge in [0.05, 0.1) is 25.8 Å². The van der Waals surface area contributed by atoms with Crippen LogP contribution in [0.3, 0.4) is 0 Å². The molecule has 30 heavy (non-hydrogen) atoms. The summed E-state index contributed by atoms with van der Waals surface area (Å²) in [7, 11) is 0. The van der Waals surface area contributed by atoms with Gasteiger partial charge in [-0.2, -0.15) is 0 Å². The Balaban J connectivity index is 1.63. The molecular formula is C25H22ClNO3. The van der Waals surface area contributed by atoms with Crippen molar-refractivity contribution in [1.29, 1.82) is 0 Å². The van der Waals surface area contributed by atoms with Crippen LogP contribution in [0.25, 0.3) is 11.0 Å². The Morgan fingerprint density at radius 1 is 1.03 bits per heavy atom. The number of furan rings is 1. The standard InChI is InChI=1S/C25H22ClNO3/c1-2-29-22-11-9-21(10-12-22)27(16-18-6-4-3-5-7-18)25(28)14-19-17-30-24-13-8-20(26)15-23(19)24/h3-13,15,17H,2,14,16H2,1H3. The van der Waals surface area contributed by atoms with Crippen molar-refractivity contribution in [2.45, 2.75) is 19.9 Å². The Kier molecular flexibility index (Phi) is 6.05. The van der Waals surface area contributed by atoms with E-state index in [1.165, 1.54) is 0 Å². The van der Waals surface area contributed by atoms with Crippen LogP contribution in [0.2, 0.25) is 5.02 Å². The molecule has 0 radical (unpaired) electrons. The summed E-state index contributed by atoms with van der Waals surface area (Å²) in [4.78, 5) is 15.2. The summed E-state index contributed by atoms with van der Waals surface area (Å²) in [5, 5.41) is 1.48. The van der Waals surface area contributed by atoms with Crippen LogP contribution in [0, 0.1) is 0 Å². The first-order chi connectivity index (χ1) is 14.6. The lowest BCUT2D eigenvalue weighted by atomic mass is 10.1. The maximum Gasteiger partial charge on any atom is 0.231 e. The van der Waals surface area contributed by atoms with Gasteiger partial charge in [0.25, 0.3) is 0 Å². The molecule has 152 valence electrons. The maximum absolute atomic E-state index is 13.4. The van der Waals surface area contributed by atoms with E-state index in [1.807, 2.05) is 73.7 Å². The number of carbonyl (C=O) groups excluding carboxylic acids is 1. The van der Waals surface area contributed by atoms with Crippen molar-refractivity contribution in [3.63, 3.8) is 0 Å². The molecule has 1 amide bonds. The van der Waals surface area contributed by atoms with Crippen LogP contribution in [0.5, 0.6) is 5.75 Å². The van der Waals surface area contributed by atoms with Gasteiger partial charge in [-0.05, 0) is 55.0 Å². The highest BCUT2D eigenvalue weighted by Crippen LogP contribution is 2.27. The monoisotopic (exact) mass is 419 g/mol. The normalized spacial score (nSPS) is 10.9. The first kappa shape index (κ1) is 20.0. The smallest absolute Gasteiger partial charge is 0.231 e. The fraction of sp³-hybridized carbons (Fsp3) is 0.160. The third-order valence-electron chi connectivity index (χ3n) is 4.90. The summed E-state index contributed by atoms with van der Waals surface area (Å²) in [6, 6.07) is 23.0. The van der Waals surface area contributed by atoms with Crippen LogP contribution in [-0.4, -0.2) is 12.5 Å². The Bertz CT molecular complexity index is 1140. The summed E-state index contributed by atoms with van der Waals surface area (Å²) < 4.78 is 11.1. The number of carbonyl (C=O) groups is 1. The molecule has 5 heteroatoms. The third kappa shape index (κ3) is 4.50. The zero-order valence-electron chi connectivity index (χ0n) is 16.7. The van der Waals surface area contributed by atoms with Gasteiger partial charge in [0.15, 0.2) is 0 Å². The molecule has 0 saturated carbocycles. The molecule has 0 fully saturated rings. The number of rotatable bonds is 7. The lowest BCUT2D eigenvalue weighted by Gasteiger charge is -2.23. The Morgan fingerprint density at radius 2 is 1.80 bits per heavy atom. The van der Waals surface area contributed by atoms with Crippen LogP contribution in [0.15, 0.2) is 83.5 Å². The zero-order valence-corrected chi connectivity index (χ0v) is 17.4. The molecule has 4 rings (SSSR count). The van der Waals surface area contributed by atoms with Crippen LogP contribution >= 0.6 is 11.6 Å². The predicted molar refractivity (Wildman–Crippen MR) is 120 cm³/mol. The van der Waals surface area contributed by atoms with Crippen molar-refractivity contribution in [2.75, 3.05) is 11.5 Å². The number of hydrogen-bond donors (Lipinski definition) is 0. The second-order valence-corrected chi connectivity index (χ2v) is 7.41. The van der Waals surface area contributed by atoms with E-state index in [9.17, 15) is 4.79 Å². The molecule has 0 saturated heterocycles. The zero-order chi connectivity index (χ0) is 20.9. The minimum atomic E-state index is -0.0225. The highest BCUT2D eigenvalue weighted by Gasteiger charge is 2.19. The van der Waals surface area contributed by atoms with Gasteiger partial charge >= 0.3 is 0 Å². The van der Waals surface area contributed by atoms with E-state index in [0.29, 0.717) is 18.2 Å². The maximum atomic E-state index is 13.4. The third-order valence-corrected chi connectivity index (χ3v) is 5.14. The van der Waals surface area contributed by atoms with E-state index >= 15 is 0 Å². The van der Waals surface area contributed by atoms with Crippen LogP contribution < -0.4 is 9.64 Å². The van der Waals surface area contributed by atoms with Crippen molar-refractivity contribution in [1.82, 2.24) is 0 Å². The predicted octanol–water partition coefficient (Wildman–Crippen LogP) is 6.26. The van der Waals surface area contributed by atoms with Gasteiger partial charge in [0.2, 0.25) is 5.91 Å². The average molecular weight is 420 g/mol. The number of benzene rings is 3. The molecule has 0 unspecified atom stereocenters. The van der Waals surface area contributed by atoms with Gasteiger partial charge in [0, 0.05) is 21.7 Å². The van der Waals surface area contributed by atoms with E-state index in [-0.39, 0.29) is 12.3 Å². The second kappa shape index (κ2) is 9.06. The van der Waals surface area contributed by atoms with E-state index in [4.69, 9.17) is 20.8 Å². The van der Waals surface area contributed by atoms with Gasteiger partial charge in [-0.3, -0.25) is 4.79 Å². The van der Waals surface area contributed by atoms with Crippen LogP contribution in [0.4, 0.5) is 5.69 Å². The Morgan fingerprint density at radius 3 is 2.53 bits per heavy atom. The average Bonchev–Trinajstić information content (AvgIpc) is 3.15. The van der Waals surface area contributed by atoms with E-state index in [2.05, 4.69) is 0 Å². The summed E-state index contributed by atoms with van der Waals surface area (Å²) in [6.45, 7) is 3.02. The van der Waals surface area contributed by atoms with E-state index in [0.717, 1.165) is 33.5 Å². The number of amides is 1. The molecular weight excluding hydrogens is 398 g/mol. The van der Waals surface area contributed by atoms with Gasteiger partial charge in [-0.25, -0.2) is 0 Å². The fourth-order valence-corrected chi connectivity index (χ4v) is 3.60. The minimum Gasteiger partial charge on any atom is -0.494 e. The Hall–Kier alpha value is -3.24. The minimum absolute atomic E-state index is 0.0225. The highest BCUT2D eigenvalue weighted by atomic mass is 35.5. The summed E-state index contributed by atoms with van der Waals surface area (Å²) in [6.07, 6.45) is 1.85. The second-order valence-electron chi connectivity index (χ2n) is 6.97. The summed E-state index contributed by atoms with van der Waals surface area (Å²) in [5.41, 5.74) is 3.41. The molecule has 0 bridgehead atoms. The molecule has 4 nitrogen and oxygen atoms in total. The molecule has 4 aromatic rings. The van der Waals surface area contributed by atoms with Crippen molar-refractivity contribution in [3.8, 4) is 5.75 Å². The molecule has 0 atom stereocenters. The van der Waals surface area contributed by atoms with Crippen molar-refractivity contribution in [3.05, 3.63) is 95.2 Å². The Labute approximate surface area is 180 Å². The largest absolute Gasteiger partial charge is 0.494 e. The first-order valence-corrected chi connectivity index (χ1v) is 10.2. The number of nitrogens with zero attached hydrogens (tertiary/aromatic N) is 1.